The lowest BCUT2D eigenvalue weighted by atomic mass is 9.82. The maximum atomic E-state index is 11.9. The molecule has 1 heterocycles. The van der Waals surface area contributed by atoms with Gasteiger partial charge in [-0.05, 0) is 32.1 Å². The summed E-state index contributed by atoms with van der Waals surface area (Å²) >= 11 is 0. The van der Waals surface area contributed by atoms with Crippen LogP contribution in [0.5, 0.6) is 0 Å². The molecule has 0 aromatic heterocycles. The van der Waals surface area contributed by atoms with Crippen molar-refractivity contribution < 1.29 is 9.53 Å². The van der Waals surface area contributed by atoms with Crippen molar-refractivity contribution in [2.75, 3.05) is 13.2 Å². The average molecular weight is 224 g/mol. The summed E-state index contributed by atoms with van der Waals surface area (Å²) in [5, 5.41) is 6.58. The van der Waals surface area contributed by atoms with Crippen molar-refractivity contribution in [3.63, 3.8) is 0 Å². The van der Waals surface area contributed by atoms with Crippen molar-refractivity contribution in [3.8, 4) is 0 Å². The van der Waals surface area contributed by atoms with E-state index in [2.05, 4.69) is 10.6 Å². The van der Waals surface area contributed by atoms with E-state index in [4.69, 9.17) is 4.74 Å². The second-order valence-electron chi connectivity index (χ2n) is 5.26. The molecule has 2 N–H and O–H groups in total. The van der Waals surface area contributed by atoms with Crippen LogP contribution in [0.25, 0.3) is 0 Å². The van der Waals surface area contributed by atoms with Gasteiger partial charge in [-0.15, -0.1) is 0 Å². The number of carbonyl (C=O) groups is 1. The van der Waals surface area contributed by atoms with Crippen molar-refractivity contribution in [1.29, 1.82) is 0 Å². The van der Waals surface area contributed by atoms with Crippen LogP contribution in [-0.2, 0) is 9.53 Å². The molecule has 3 aliphatic rings. The Kier molecular flexibility index (Phi) is 2.86. The second kappa shape index (κ2) is 4.34. The van der Waals surface area contributed by atoms with E-state index in [-0.39, 0.29) is 11.8 Å². The van der Waals surface area contributed by atoms with E-state index in [1.54, 1.807) is 0 Å². The lowest BCUT2D eigenvalue weighted by Crippen LogP contribution is -2.53. The van der Waals surface area contributed by atoms with Gasteiger partial charge in [-0.3, -0.25) is 4.79 Å². The summed E-state index contributed by atoms with van der Waals surface area (Å²) in [6.45, 7) is 1.75. The summed E-state index contributed by atoms with van der Waals surface area (Å²) in [6.07, 6.45) is 5.65. The van der Waals surface area contributed by atoms with E-state index >= 15 is 0 Å². The zero-order chi connectivity index (χ0) is 11.0. The number of fused-ring (bicyclic) bond motifs is 1. The summed E-state index contributed by atoms with van der Waals surface area (Å²) < 4.78 is 5.71. The van der Waals surface area contributed by atoms with Crippen molar-refractivity contribution in [2.24, 2.45) is 5.92 Å². The maximum absolute atomic E-state index is 11.9. The highest BCUT2D eigenvalue weighted by molar-refractivity contribution is 5.79. The van der Waals surface area contributed by atoms with Crippen molar-refractivity contribution in [3.05, 3.63) is 0 Å². The van der Waals surface area contributed by atoms with Gasteiger partial charge < -0.3 is 15.4 Å². The van der Waals surface area contributed by atoms with E-state index in [1.807, 2.05) is 0 Å². The summed E-state index contributed by atoms with van der Waals surface area (Å²) in [5.74, 6) is 0.476. The van der Waals surface area contributed by atoms with E-state index in [0.717, 1.165) is 32.4 Å². The molecule has 1 saturated heterocycles. The Morgan fingerprint density at radius 1 is 1.25 bits per heavy atom. The van der Waals surface area contributed by atoms with Gasteiger partial charge in [0, 0.05) is 24.5 Å². The molecule has 1 amide bonds. The highest BCUT2D eigenvalue weighted by Crippen LogP contribution is 2.29. The largest absolute Gasteiger partial charge is 0.375 e. The van der Waals surface area contributed by atoms with Crippen LogP contribution in [-0.4, -0.2) is 37.2 Å². The standard InChI is InChI=1S/C12H20N2O2/c15-12(14-9-2-3-9)8-1-4-11-10(7-8)13-5-6-16-11/h8-11,13H,1-7H2,(H,14,15)/t8-,10+,11+/m0/s1. The molecular weight excluding hydrogens is 204 g/mol. The van der Waals surface area contributed by atoms with Gasteiger partial charge in [-0.1, -0.05) is 0 Å². The van der Waals surface area contributed by atoms with E-state index in [0.29, 0.717) is 18.2 Å². The normalized spacial score (nSPS) is 38.9. The topological polar surface area (TPSA) is 50.4 Å². The third kappa shape index (κ3) is 2.23. The third-order valence-electron chi connectivity index (χ3n) is 3.92. The molecule has 0 aromatic rings. The first-order chi connectivity index (χ1) is 7.83. The number of hydrogen-bond donors (Lipinski definition) is 2. The van der Waals surface area contributed by atoms with Crippen molar-refractivity contribution in [2.45, 2.75) is 50.3 Å². The Hall–Kier alpha value is -0.610. The fraction of sp³-hybridized carbons (Fsp3) is 0.917. The molecule has 0 unspecified atom stereocenters. The number of carbonyl (C=O) groups excluding carboxylic acids is 1. The summed E-state index contributed by atoms with van der Waals surface area (Å²) in [4.78, 5) is 11.9. The molecule has 3 atom stereocenters. The highest BCUT2D eigenvalue weighted by Gasteiger charge is 2.37. The van der Waals surface area contributed by atoms with Gasteiger partial charge in [0.1, 0.15) is 0 Å². The molecule has 4 heteroatoms. The first-order valence-electron chi connectivity index (χ1n) is 6.48. The van der Waals surface area contributed by atoms with Crippen LogP contribution >= 0.6 is 0 Å². The van der Waals surface area contributed by atoms with Crippen LogP contribution in [0.1, 0.15) is 32.1 Å². The van der Waals surface area contributed by atoms with Gasteiger partial charge in [-0.2, -0.15) is 0 Å². The van der Waals surface area contributed by atoms with Gasteiger partial charge in [0.2, 0.25) is 5.91 Å². The summed E-state index contributed by atoms with van der Waals surface area (Å²) in [5.41, 5.74) is 0. The molecule has 0 bridgehead atoms. The Bertz CT molecular complexity index is 278. The van der Waals surface area contributed by atoms with Crippen LogP contribution in [0.4, 0.5) is 0 Å². The SMILES string of the molecule is O=C(NC1CC1)[C@H]1CC[C@H]2OCCN[C@@H]2C1. The molecule has 2 aliphatic carbocycles. The summed E-state index contributed by atoms with van der Waals surface area (Å²) in [7, 11) is 0. The van der Waals surface area contributed by atoms with Crippen LogP contribution in [0, 0.1) is 5.92 Å². The lowest BCUT2D eigenvalue weighted by molar-refractivity contribution is -0.128. The van der Waals surface area contributed by atoms with Crippen molar-refractivity contribution in [1.82, 2.24) is 10.6 Å². The predicted molar refractivity (Wildman–Crippen MR) is 60.0 cm³/mol. The zero-order valence-corrected chi connectivity index (χ0v) is 9.58. The average Bonchev–Trinajstić information content (AvgIpc) is 3.12. The molecule has 2 saturated carbocycles. The van der Waals surface area contributed by atoms with E-state index in [9.17, 15) is 4.79 Å². The Morgan fingerprint density at radius 2 is 2.12 bits per heavy atom. The fourth-order valence-electron chi connectivity index (χ4n) is 2.80. The molecule has 3 rings (SSSR count). The molecule has 90 valence electrons. The van der Waals surface area contributed by atoms with Crippen LogP contribution in [0.3, 0.4) is 0 Å². The fourth-order valence-corrected chi connectivity index (χ4v) is 2.80. The monoisotopic (exact) mass is 224 g/mol. The minimum Gasteiger partial charge on any atom is -0.375 e. The van der Waals surface area contributed by atoms with Gasteiger partial charge in [0.15, 0.2) is 0 Å². The molecular formula is C12H20N2O2. The predicted octanol–water partition coefficient (Wildman–Crippen LogP) is 0.422. The number of morpholine rings is 1. The molecule has 0 aromatic carbocycles. The molecule has 0 radical (unpaired) electrons. The van der Waals surface area contributed by atoms with Crippen LogP contribution in [0.15, 0.2) is 0 Å². The number of nitrogens with one attached hydrogen (secondary N) is 2. The zero-order valence-electron chi connectivity index (χ0n) is 9.58. The van der Waals surface area contributed by atoms with E-state index in [1.165, 1.54) is 12.8 Å². The quantitative estimate of drug-likeness (QED) is 0.715. The van der Waals surface area contributed by atoms with Gasteiger partial charge >= 0.3 is 0 Å². The first kappa shape index (κ1) is 10.5. The second-order valence-corrected chi connectivity index (χ2v) is 5.26. The number of rotatable bonds is 2. The van der Waals surface area contributed by atoms with Gasteiger partial charge in [-0.25, -0.2) is 0 Å². The summed E-state index contributed by atoms with van der Waals surface area (Å²) in [6, 6.07) is 0.887. The van der Waals surface area contributed by atoms with E-state index < -0.39 is 0 Å². The molecule has 0 spiro atoms. The number of amides is 1. The Balaban J connectivity index is 1.54. The van der Waals surface area contributed by atoms with Gasteiger partial charge in [0.25, 0.3) is 0 Å². The smallest absolute Gasteiger partial charge is 0.223 e. The minimum atomic E-state index is 0.205. The molecule has 1 aliphatic heterocycles. The Morgan fingerprint density at radius 3 is 2.94 bits per heavy atom. The molecule has 4 nitrogen and oxygen atoms in total. The molecule has 3 fully saturated rings. The number of hydrogen-bond acceptors (Lipinski definition) is 3. The lowest BCUT2D eigenvalue weighted by Gasteiger charge is -2.39. The molecule has 16 heavy (non-hydrogen) atoms. The highest BCUT2D eigenvalue weighted by atomic mass is 16.5. The minimum absolute atomic E-state index is 0.205. The maximum Gasteiger partial charge on any atom is 0.223 e. The van der Waals surface area contributed by atoms with Gasteiger partial charge in [0.05, 0.1) is 12.7 Å². The van der Waals surface area contributed by atoms with Crippen molar-refractivity contribution >= 4 is 5.91 Å². The third-order valence-corrected chi connectivity index (χ3v) is 3.92. The van der Waals surface area contributed by atoms with Crippen LogP contribution in [0.2, 0.25) is 0 Å². The number of ether oxygens (including phenoxy) is 1. The van der Waals surface area contributed by atoms with Crippen LogP contribution < -0.4 is 10.6 Å². The first-order valence-corrected chi connectivity index (χ1v) is 6.48. The Labute approximate surface area is 96.1 Å².